The van der Waals surface area contributed by atoms with Crippen molar-refractivity contribution in [2.45, 2.75) is 6.61 Å². The maximum atomic E-state index is 11.8. The number of hydrogen-bond donors (Lipinski definition) is 2. The molecule has 150 valence electrons. The second kappa shape index (κ2) is 10.2. The number of primary amides is 1. The van der Waals surface area contributed by atoms with Crippen molar-refractivity contribution >= 4 is 57.1 Å². The average molecular weight is 499 g/mol. The van der Waals surface area contributed by atoms with E-state index >= 15 is 0 Å². The third-order valence-corrected chi connectivity index (χ3v) is 4.86. The molecular formula is C19H14BrCl2N3O4. The number of methoxy groups -OCH3 is 1. The first-order valence-corrected chi connectivity index (χ1v) is 9.47. The van der Waals surface area contributed by atoms with Crippen LogP contribution in [-0.2, 0) is 11.4 Å². The van der Waals surface area contributed by atoms with E-state index in [-0.39, 0.29) is 12.2 Å². The molecule has 3 N–H and O–H groups in total. The summed E-state index contributed by atoms with van der Waals surface area (Å²) in [7, 11) is 1.45. The van der Waals surface area contributed by atoms with Gasteiger partial charge in [-0.05, 0) is 57.4 Å². The molecule has 0 saturated heterocycles. The quantitative estimate of drug-likeness (QED) is 0.451. The topological polar surface area (TPSA) is 114 Å². The zero-order valence-electron chi connectivity index (χ0n) is 15.0. The summed E-state index contributed by atoms with van der Waals surface area (Å²) in [5, 5.41) is 11.8. The van der Waals surface area contributed by atoms with Crippen molar-refractivity contribution in [1.29, 1.82) is 5.26 Å². The average Bonchev–Trinajstić information content (AvgIpc) is 2.66. The lowest BCUT2D eigenvalue weighted by Gasteiger charge is -2.14. The highest BCUT2D eigenvalue weighted by Crippen LogP contribution is 2.38. The molecule has 0 bridgehead atoms. The van der Waals surface area contributed by atoms with Crippen LogP contribution in [0.15, 0.2) is 40.4 Å². The van der Waals surface area contributed by atoms with Crippen LogP contribution in [0.4, 0.5) is 4.79 Å². The minimum atomic E-state index is -1.05. The summed E-state index contributed by atoms with van der Waals surface area (Å²) in [6, 6.07) is 9.00. The van der Waals surface area contributed by atoms with Crippen LogP contribution in [0, 0.1) is 11.3 Å². The Kier molecular flexibility index (Phi) is 7.91. The van der Waals surface area contributed by atoms with Crippen molar-refractivity contribution in [2.24, 2.45) is 5.73 Å². The third kappa shape index (κ3) is 6.12. The Morgan fingerprint density at radius 1 is 1.28 bits per heavy atom. The smallest absolute Gasteiger partial charge is 0.319 e. The molecule has 29 heavy (non-hydrogen) atoms. The molecule has 0 radical (unpaired) electrons. The van der Waals surface area contributed by atoms with Crippen LogP contribution in [0.3, 0.4) is 0 Å². The van der Waals surface area contributed by atoms with E-state index in [2.05, 4.69) is 15.9 Å². The molecule has 0 spiro atoms. The van der Waals surface area contributed by atoms with E-state index in [0.29, 0.717) is 31.6 Å². The zero-order chi connectivity index (χ0) is 21.6. The van der Waals surface area contributed by atoms with Crippen LogP contribution >= 0.6 is 39.1 Å². The summed E-state index contributed by atoms with van der Waals surface area (Å²) in [5.74, 6) is -0.135. The summed E-state index contributed by atoms with van der Waals surface area (Å²) in [6.07, 6.45) is 1.29. The number of carbonyl (C=O) groups excluding carboxylic acids is 2. The largest absolute Gasteiger partial charge is 0.493 e. The number of urea groups is 1. The van der Waals surface area contributed by atoms with Gasteiger partial charge in [-0.2, -0.15) is 5.26 Å². The number of ether oxygens (including phenoxy) is 2. The number of nitrogens with zero attached hydrogens (tertiary/aromatic N) is 1. The van der Waals surface area contributed by atoms with E-state index in [4.69, 9.17) is 43.7 Å². The highest BCUT2D eigenvalue weighted by atomic mass is 79.9. The molecular weight excluding hydrogens is 485 g/mol. The van der Waals surface area contributed by atoms with Crippen LogP contribution in [0.25, 0.3) is 6.08 Å². The number of rotatable bonds is 6. The number of hydrogen-bond acceptors (Lipinski definition) is 5. The SMILES string of the molecule is COc1cc(/C=C(/C#N)C(=O)NC(N)=O)cc(Br)c1OCc1ccc(Cl)c(Cl)c1. The summed E-state index contributed by atoms with van der Waals surface area (Å²) in [4.78, 5) is 22.6. The lowest BCUT2D eigenvalue weighted by molar-refractivity contribution is -0.115. The number of benzene rings is 2. The van der Waals surface area contributed by atoms with Crippen molar-refractivity contribution in [3.05, 3.63) is 61.5 Å². The Labute approximate surface area is 185 Å². The molecule has 0 fully saturated rings. The summed E-state index contributed by atoms with van der Waals surface area (Å²) < 4.78 is 11.7. The van der Waals surface area contributed by atoms with Gasteiger partial charge in [-0.15, -0.1) is 0 Å². The lowest BCUT2D eigenvalue weighted by atomic mass is 10.1. The first-order chi connectivity index (χ1) is 13.7. The molecule has 0 unspecified atom stereocenters. The highest BCUT2D eigenvalue weighted by Gasteiger charge is 2.15. The van der Waals surface area contributed by atoms with Gasteiger partial charge >= 0.3 is 6.03 Å². The van der Waals surface area contributed by atoms with Gasteiger partial charge in [0, 0.05) is 0 Å². The van der Waals surface area contributed by atoms with Crippen LogP contribution < -0.4 is 20.5 Å². The van der Waals surface area contributed by atoms with Gasteiger partial charge in [0.25, 0.3) is 5.91 Å². The fraction of sp³-hybridized carbons (Fsp3) is 0.105. The van der Waals surface area contributed by atoms with Gasteiger partial charge in [0.1, 0.15) is 18.2 Å². The van der Waals surface area contributed by atoms with E-state index in [1.807, 2.05) is 5.32 Å². The molecule has 2 aromatic rings. The molecule has 0 aromatic heterocycles. The zero-order valence-corrected chi connectivity index (χ0v) is 18.1. The van der Waals surface area contributed by atoms with Crippen molar-refractivity contribution in [3.8, 4) is 17.6 Å². The van der Waals surface area contributed by atoms with Crippen LogP contribution in [0.1, 0.15) is 11.1 Å². The molecule has 2 aromatic carbocycles. The van der Waals surface area contributed by atoms with E-state index in [9.17, 15) is 9.59 Å². The van der Waals surface area contributed by atoms with Crippen molar-refractivity contribution < 1.29 is 19.1 Å². The highest BCUT2D eigenvalue weighted by molar-refractivity contribution is 9.10. The van der Waals surface area contributed by atoms with Crippen molar-refractivity contribution in [2.75, 3.05) is 7.11 Å². The van der Waals surface area contributed by atoms with E-state index in [1.54, 1.807) is 36.4 Å². The van der Waals surface area contributed by atoms with Gasteiger partial charge in [0.2, 0.25) is 0 Å². The summed E-state index contributed by atoms with van der Waals surface area (Å²) >= 11 is 15.3. The van der Waals surface area contributed by atoms with Gasteiger partial charge in [0.15, 0.2) is 11.5 Å². The Hall–Kier alpha value is -2.73. The first-order valence-electron chi connectivity index (χ1n) is 7.92. The minimum absolute atomic E-state index is 0.200. The molecule has 2 rings (SSSR count). The molecule has 10 heteroatoms. The van der Waals surface area contributed by atoms with Gasteiger partial charge in [-0.1, -0.05) is 29.3 Å². The monoisotopic (exact) mass is 497 g/mol. The van der Waals surface area contributed by atoms with Crippen LogP contribution in [-0.4, -0.2) is 19.0 Å². The molecule has 3 amide bonds. The van der Waals surface area contributed by atoms with Gasteiger partial charge < -0.3 is 15.2 Å². The maximum absolute atomic E-state index is 11.8. The lowest BCUT2D eigenvalue weighted by Crippen LogP contribution is -2.35. The Morgan fingerprint density at radius 3 is 2.59 bits per heavy atom. The van der Waals surface area contributed by atoms with Crippen LogP contribution in [0.5, 0.6) is 11.5 Å². The van der Waals surface area contributed by atoms with E-state index in [0.717, 1.165) is 5.56 Å². The Morgan fingerprint density at radius 2 is 2.00 bits per heavy atom. The molecule has 0 atom stereocenters. The Balaban J connectivity index is 2.29. The van der Waals surface area contributed by atoms with Crippen molar-refractivity contribution in [3.63, 3.8) is 0 Å². The second-order valence-electron chi connectivity index (χ2n) is 5.56. The van der Waals surface area contributed by atoms with Crippen molar-refractivity contribution in [1.82, 2.24) is 5.32 Å². The van der Waals surface area contributed by atoms with E-state index in [1.165, 1.54) is 13.2 Å². The van der Waals surface area contributed by atoms with Crippen LogP contribution in [0.2, 0.25) is 10.0 Å². The number of nitrogens with two attached hydrogens (primary N) is 1. The fourth-order valence-electron chi connectivity index (χ4n) is 2.24. The summed E-state index contributed by atoms with van der Waals surface area (Å²) in [6.45, 7) is 0.200. The minimum Gasteiger partial charge on any atom is -0.493 e. The van der Waals surface area contributed by atoms with E-state index < -0.39 is 11.9 Å². The van der Waals surface area contributed by atoms with Gasteiger partial charge in [-0.25, -0.2) is 4.79 Å². The fourth-order valence-corrected chi connectivity index (χ4v) is 3.14. The number of imide groups is 1. The Bertz CT molecular complexity index is 1030. The summed E-state index contributed by atoms with van der Waals surface area (Å²) in [5.41, 5.74) is 5.86. The molecule has 7 nitrogen and oxygen atoms in total. The number of nitrogens with one attached hydrogen (secondary N) is 1. The molecule has 0 heterocycles. The first kappa shape index (κ1) is 22.6. The number of amides is 3. The third-order valence-electron chi connectivity index (χ3n) is 3.53. The maximum Gasteiger partial charge on any atom is 0.319 e. The van der Waals surface area contributed by atoms with Gasteiger partial charge in [-0.3, -0.25) is 10.1 Å². The second-order valence-corrected chi connectivity index (χ2v) is 7.23. The molecule has 0 aliphatic heterocycles. The molecule has 0 saturated carbocycles. The van der Waals surface area contributed by atoms with Gasteiger partial charge in [0.05, 0.1) is 21.6 Å². The predicted octanol–water partition coefficient (Wildman–Crippen LogP) is 4.45. The number of nitriles is 1. The molecule has 0 aliphatic carbocycles. The normalized spacial score (nSPS) is 10.8. The number of carbonyl (C=O) groups is 2. The molecule has 0 aliphatic rings. The predicted molar refractivity (Wildman–Crippen MR) is 113 cm³/mol. The standard InChI is InChI=1S/C19H14BrCl2N3O4/c1-28-16-7-11(4-12(8-23)18(26)25-19(24)27)5-13(20)17(16)29-9-10-2-3-14(21)15(22)6-10/h2-7H,9H2,1H3,(H3,24,25,26,27)/b12-4-. The number of halogens is 3.